The number of aromatic hydroxyl groups is 1. The van der Waals surface area contributed by atoms with Gasteiger partial charge in [0.25, 0.3) is 5.91 Å². The maximum Gasteiger partial charge on any atom is 0.253 e. The van der Waals surface area contributed by atoms with Crippen molar-refractivity contribution in [3.63, 3.8) is 0 Å². The highest BCUT2D eigenvalue weighted by atomic mass is 16.5. The Morgan fingerprint density at radius 2 is 2.10 bits per heavy atom. The van der Waals surface area contributed by atoms with Gasteiger partial charge in [-0.15, -0.1) is 0 Å². The summed E-state index contributed by atoms with van der Waals surface area (Å²) in [6.07, 6.45) is 5.58. The summed E-state index contributed by atoms with van der Waals surface area (Å²) in [5.74, 6) is 0.499. The zero-order valence-electron chi connectivity index (χ0n) is 17.1. The molecule has 158 valence electrons. The molecule has 3 aliphatic rings. The normalized spacial score (nSPS) is 24.2. The van der Waals surface area contributed by atoms with Crippen LogP contribution in [0.1, 0.15) is 48.9 Å². The molecule has 1 aromatic carbocycles. The van der Waals surface area contributed by atoms with Gasteiger partial charge in [0.15, 0.2) is 11.5 Å². The molecule has 1 aromatic rings. The van der Waals surface area contributed by atoms with Gasteiger partial charge in [0.1, 0.15) is 0 Å². The Morgan fingerprint density at radius 1 is 1.31 bits per heavy atom. The van der Waals surface area contributed by atoms with Crippen molar-refractivity contribution in [2.24, 2.45) is 5.41 Å². The molecule has 0 bridgehead atoms. The summed E-state index contributed by atoms with van der Waals surface area (Å²) in [4.78, 5) is 29.1. The topological polar surface area (TPSA) is 79.3 Å². The number of carbonyl (C=O) groups excluding carboxylic acids is 2. The van der Waals surface area contributed by atoms with Gasteiger partial charge >= 0.3 is 0 Å². The van der Waals surface area contributed by atoms with E-state index in [1.807, 2.05) is 9.80 Å². The third-order valence-corrected chi connectivity index (χ3v) is 6.73. The Labute approximate surface area is 171 Å². The summed E-state index contributed by atoms with van der Waals surface area (Å²) in [6.45, 7) is 3.63. The first kappa shape index (κ1) is 20.0. The molecule has 1 spiro atoms. The number of nitrogens with zero attached hydrogens (tertiary/aromatic N) is 2. The quantitative estimate of drug-likeness (QED) is 0.837. The largest absolute Gasteiger partial charge is 0.504 e. The lowest BCUT2D eigenvalue weighted by Crippen LogP contribution is -2.53. The average Bonchev–Trinajstić information content (AvgIpc) is 3.24. The summed E-state index contributed by atoms with van der Waals surface area (Å²) in [7, 11) is 1.48. The van der Waals surface area contributed by atoms with Crippen LogP contribution in [0.15, 0.2) is 18.2 Å². The Kier molecular flexibility index (Phi) is 5.67. The smallest absolute Gasteiger partial charge is 0.253 e. The van der Waals surface area contributed by atoms with Gasteiger partial charge in [-0.1, -0.05) is 0 Å². The van der Waals surface area contributed by atoms with E-state index in [1.165, 1.54) is 13.2 Å². The third-order valence-electron chi connectivity index (χ3n) is 6.73. The van der Waals surface area contributed by atoms with Crippen LogP contribution in [-0.2, 0) is 9.53 Å². The van der Waals surface area contributed by atoms with Crippen LogP contribution in [0.4, 0.5) is 0 Å². The van der Waals surface area contributed by atoms with E-state index in [0.29, 0.717) is 37.4 Å². The maximum absolute atomic E-state index is 12.9. The van der Waals surface area contributed by atoms with E-state index in [9.17, 15) is 14.7 Å². The minimum Gasteiger partial charge on any atom is -0.504 e. The predicted octanol–water partition coefficient (Wildman–Crippen LogP) is 2.42. The molecule has 3 aliphatic heterocycles. The van der Waals surface area contributed by atoms with Crippen LogP contribution in [0.25, 0.3) is 0 Å². The number of amides is 2. The first-order valence-electron chi connectivity index (χ1n) is 10.6. The number of methoxy groups -OCH3 is 1. The van der Waals surface area contributed by atoms with Crippen LogP contribution in [-0.4, -0.2) is 72.7 Å². The zero-order chi connectivity index (χ0) is 20.4. The SMILES string of the molecule is COc1ccc(C(=O)N2CCC3(CCC(=O)N(CC4CCCO4)C3)CC2)cc1O. The molecule has 0 aromatic heterocycles. The summed E-state index contributed by atoms with van der Waals surface area (Å²) in [5.41, 5.74) is 0.573. The van der Waals surface area contributed by atoms with Crippen molar-refractivity contribution in [2.75, 3.05) is 39.9 Å². The lowest BCUT2D eigenvalue weighted by molar-refractivity contribution is -0.141. The van der Waals surface area contributed by atoms with Crippen molar-refractivity contribution < 1.29 is 24.2 Å². The van der Waals surface area contributed by atoms with Crippen molar-refractivity contribution in [3.8, 4) is 11.5 Å². The van der Waals surface area contributed by atoms with E-state index < -0.39 is 0 Å². The molecular formula is C22H30N2O5. The number of carbonyl (C=O) groups is 2. The molecule has 3 fully saturated rings. The Bertz CT molecular complexity index is 766. The zero-order valence-corrected chi connectivity index (χ0v) is 17.1. The van der Waals surface area contributed by atoms with Crippen molar-refractivity contribution in [1.82, 2.24) is 9.80 Å². The van der Waals surface area contributed by atoms with Gasteiger partial charge in [-0.25, -0.2) is 0 Å². The first-order chi connectivity index (χ1) is 14.0. The molecule has 7 nitrogen and oxygen atoms in total. The standard InChI is InChI=1S/C22H30N2O5/c1-28-19-5-4-16(13-18(19)25)21(27)23-10-8-22(9-11-23)7-6-20(26)24(15-22)14-17-3-2-12-29-17/h4-5,13,17,25H,2-3,6-12,14-15H2,1H3. The van der Waals surface area contributed by atoms with Crippen molar-refractivity contribution in [1.29, 1.82) is 0 Å². The number of hydrogen-bond acceptors (Lipinski definition) is 5. The van der Waals surface area contributed by atoms with Crippen LogP contribution < -0.4 is 4.74 Å². The number of rotatable bonds is 4. The van der Waals surface area contributed by atoms with Crippen LogP contribution in [0.3, 0.4) is 0 Å². The Hall–Kier alpha value is -2.28. The molecule has 0 saturated carbocycles. The Morgan fingerprint density at radius 3 is 2.76 bits per heavy atom. The molecule has 4 rings (SSSR count). The van der Waals surface area contributed by atoms with Crippen LogP contribution in [0.5, 0.6) is 11.5 Å². The van der Waals surface area contributed by atoms with E-state index in [0.717, 1.165) is 45.3 Å². The van der Waals surface area contributed by atoms with Gasteiger partial charge in [0.2, 0.25) is 5.91 Å². The molecule has 3 heterocycles. The highest BCUT2D eigenvalue weighted by Crippen LogP contribution is 2.41. The summed E-state index contributed by atoms with van der Waals surface area (Å²) in [5, 5.41) is 9.96. The molecular weight excluding hydrogens is 372 g/mol. The molecule has 0 aliphatic carbocycles. The minimum atomic E-state index is -0.0686. The predicted molar refractivity (Wildman–Crippen MR) is 107 cm³/mol. The van der Waals surface area contributed by atoms with Gasteiger partial charge < -0.3 is 24.4 Å². The Balaban J connectivity index is 1.37. The van der Waals surface area contributed by atoms with E-state index >= 15 is 0 Å². The second-order valence-electron chi connectivity index (χ2n) is 8.59. The highest BCUT2D eigenvalue weighted by Gasteiger charge is 2.42. The molecule has 1 atom stereocenters. The van der Waals surface area contributed by atoms with E-state index in [-0.39, 0.29) is 29.1 Å². The summed E-state index contributed by atoms with van der Waals surface area (Å²) < 4.78 is 10.8. The number of hydrogen-bond donors (Lipinski definition) is 1. The van der Waals surface area contributed by atoms with E-state index in [1.54, 1.807) is 12.1 Å². The number of ether oxygens (including phenoxy) is 2. The lowest BCUT2D eigenvalue weighted by Gasteiger charge is -2.47. The molecule has 2 amide bonds. The van der Waals surface area contributed by atoms with Crippen molar-refractivity contribution in [3.05, 3.63) is 23.8 Å². The van der Waals surface area contributed by atoms with Gasteiger partial charge in [-0.2, -0.15) is 0 Å². The van der Waals surface area contributed by atoms with E-state index in [2.05, 4.69) is 0 Å². The van der Waals surface area contributed by atoms with Crippen LogP contribution in [0.2, 0.25) is 0 Å². The summed E-state index contributed by atoms with van der Waals surface area (Å²) >= 11 is 0. The van der Waals surface area contributed by atoms with Crippen molar-refractivity contribution in [2.45, 2.75) is 44.6 Å². The fourth-order valence-corrected chi connectivity index (χ4v) is 4.90. The number of piperidine rings is 2. The number of likely N-dealkylation sites (tertiary alicyclic amines) is 2. The third kappa shape index (κ3) is 4.20. The van der Waals surface area contributed by atoms with Gasteiger partial charge in [0, 0.05) is 44.8 Å². The first-order valence-corrected chi connectivity index (χ1v) is 10.6. The van der Waals surface area contributed by atoms with Crippen LogP contribution >= 0.6 is 0 Å². The number of phenols is 1. The molecule has 1 unspecified atom stereocenters. The highest BCUT2D eigenvalue weighted by molar-refractivity contribution is 5.95. The second kappa shape index (κ2) is 8.22. The fraction of sp³-hybridized carbons (Fsp3) is 0.636. The lowest BCUT2D eigenvalue weighted by atomic mass is 9.72. The van der Waals surface area contributed by atoms with Crippen LogP contribution in [0, 0.1) is 5.41 Å². The average molecular weight is 402 g/mol. The van der Waals surface area contributed by atoms with Crippen molar-refractivity contribution >= 4 is 11.8 Å². The van der Waals surface area contributed by atoms with E-state index in [4.69, 9.17) is 9.47 Å². The second-order valence-corrected chi connectivity index (χ2v) is 8.59. The maximum atomic E-state index is 12.9. The molecule has 1 N–H and O–H groups in total. The molecule has 3 saturated heterocycles. The monoisotopic (exact) mass is 402 g/mol. The molecule has 7 heteroatoms. The number of phenolic OH excluding ortho intramolecular Hbond substituents is 1. The number of benzene rings is 1. The van der Waals surface area contributed by atoms with Gasteiger partial charge in [-0.3, -0.25) is 9.59 Å². The fourth-order valence-electron chi connectivity index (χ4n) is 4.90. The van der Waals surface area contributed by atoms with Gasteiger partial charge in [-0.05, 0) is 55.7 Å². The van der Waals surface area contributed by atoms with Gasteiger partial charge in [0.05, 0.1) is 13.2 Å². The minimum absolute atomic E-state index is 0.0256. The molecule has 29 heavy (non-hydrogen) atoms. The molecule has 0 radical (unpaired) electrons. The summed E-state index contributed by atoms with van der Waals surface area (Å²) in [6, 6.07) is 4.77.